The highest BCUT2D eigenvalue weighted by molar-refractivity contribution is 9.10. The molecule has 1 rings (SSSR count). The van der Waals surface area contributed by atoms with Gasteiger partial charge in [0.15, 0.2) is 0 Å². The molecule has 0 fully saturated rings. The Balaban J connectivity index is 2.52. The fourth-order valence-electron chi connectivity index (χ4n) is 1.05. The molecule has 0 radical (unpaired) electrons. The molecule has 0 aliphatic heterocycles. The topological polar surface area (TPSA) is 66.4 Å². The van der Waals surface area contributed by atoms with Crippen LogP contribution in [0.25, 0.3) is 0 Å². The zero-order valence-corrected chi connectivity index (χ0v) is 9.45. The third-order valence-corrected chi connectivity index (χ3v) is 2.52. The summed E-state index contributed by atoms with van der Waals surface area (Å²) in [5.41, 5.74) is 0.834. The van der Waals surface area contributed by atoms with E-state index in [1.807, 2.05) is 24.3 Å². The maximum atomic E-state index is 11.3. The van der Waals surface area contributed by atoms with Crippen LogP contribution < -0.4 is 5.32 Å². The number of carbonyl (C=O) groups is 2. The van der Waals surface area contributed by atoms with Crippen molar-refractivity contribution in [1.29, 1.82) is 0 Å². The summed E-state index contributed by atoms with van der Waals surface area (Å²) in [4.78, 5) is 21.5. The second-order valence-corrected chi connectivity index (χ2v) is 3.79. The number of carboxylic acid groups (broad SMARTS) is 1. The third kappa shape index (κ3) is 4.12. The SMILES string of the molecule is O=C(O)CNC(=O)Cc1ccccc1Br. The molecule has 80 valence electrons. The van der Waals surface area contributed by atoms with Crippen LogP contribution in [0.5, 0.6) is 0 Å². The Labute approximate surface area is 95.4 Å². The molecule has 0 saturated heterocycles. The first-order valence-corrected chi connectivity index (χ1v) is 5.11. The van der Waals surface area contributed by atoms with Crippen molar-refractivity contribution in [3.05, 3.63) is 34.3 Å². The molecule has 4 nitrogen and oxygen atoms in total. The van der Waals surface area contributed by atoms with Crippen molar-refractivity contribution in [2.75, 3.05) is 6.54 Å². The molecular formula is C10H10BrNO3. The maximum absolute atomic E-state index is 11.3. The lowest BCUT2D eigenvalue weighted by Gasteiger charge is -2.04. The van der Waals surface area contributed by atoms with Gasteiger partial charge in [0.1, 0.15) is 6.54 Å². The van der Waals surface area contributed by atoms with Crippen LogP contribution in [0.2, 0.25) is 0 Å². The van der Waals surface area contributed by atoms with E-state index in [9.17, 15) is 9.59 Å². The van der Waals surface area contributed by atoms with Crippen molar-refractivity contribution in [3.63, 3.8) is 0 Å². The molecule has 0 aliphatic carbocycles. The van der Waals surface area contributed by atoms with Crippen LogP contribution in [0, 0.1) is 0 Å². The number of carbonyl (C=O) groups excluding carboxylic acids is 1. The lowest BCUT2D eigenvalue weighted by Crippen LogP contribution is -2.30. The minimum Gasteiger partial charge on any atom is -0.480 e. The van der Waals surface area contributed by atoms with Crippen molar-refractivity contribution < 1.29 is 14.7 Å². The number of aliphatic carboxylic acids is 1. The molecule has 0 unspecified atom stereocenters. The highest BCUT2D eigenvalue weighted by atomic mass is 79.9. The van der Waals surface area contributed by atoms with Gasteiger partial charge in [-0.1, -0.05) is 34.1 Å². The van der Waals surface area contributed by atoms with E-state index in [1.165, 1.54) is 0 Å². The zero-order chi connectivity index (χ0) is 11.3. The lowest BCUT2D eigenvalue weighted by atomic mass is 10.1. The van der Waals surface area contributed by atoms with Crippen LogP contribution in [-0.2, 0) is 16.0 Å². The van der Waals surface area contributed by atoms with E-state index in [0.717, 1.165) is 10.0 Å². The molecule has 0 bridgehead atoms. The molecule has 1 aromatic carbocycles. The van der Waals surface area contributed by atoms with Gasteiger partial charge in [-0.2, -0.15) is 0 Å². The van der Waals surface area contributed by atoms with E-state index in [1.54, 1.807) is 0 Å². The molecule has 0 aromatic heterocycles. The number of hydrogen-bond donors (Lipinski definition) is 2. The first kappa shape index (κ1) is 11.7. The van der Waals surface area contributed by atoms with Crippen LogP contribution in [0.4, 0.5) is 0 Å². The minimum absolute atomic E-state index is 0.175. The third-order valence-electron chi connectivity index (χ3n) is 1.75. The molecule has 1 amide bonds. The Hall–Kier alpha value is -1.36. The first-order valence-electron chi connectivity index (χ1n) is 4.31. The minimum atomic E-state index is -1.05. The Bertz CT molecular complexity index is 379. The summed E-state index contributed by atoms with van der Waals surface area (Å²) in [7, 11) is 0. The van der Waals surface area contributed by atoms with E-state index in [4.69, 9.17) is 5.11 Å². The molecule has 1 aromatic rings. The van der Waals surface area contributed by atoms with E-state index in [0.29, 0.717) is 0 Å². The van der Waals surface area contributed by atoms with Gasteiger partial charge in [0.05, 0.1) is 6.42 Å². The van der Waals surface area contributed by atoms with E-state index in [-0.39, 0.29) is 18.9 Å². The molecule has 5 heteroatoms. The fourth-order valence-corrected chi connectivity index (χ4v) is 1.48. The standard InChI is InChI=1S/C10H10BrNO3/c11-8-4-2-1-3-7(8)5-9(13)12-6-10(14)15/h1-4H,5-6H2,(H,12,13)(H,14,15). The molecule has 0 saturated carbocycles. The average molecular weight is 272 g/mol. The number of carboxylic acids is 1. The Morgan fingerprint density at radius 1 is 1.33 bits per heavy atom. The van der Waals surface area contributed by atoms with Gasteiger partial charge in [-0.25, -0.2) is 0 Å². The van der Waals surface area contributed by atoms with Gasteiger partial charge in [0.25, 0.3) is 0 Å². The highest BCUT2D eigenvalue weighted by Gasteiger charge is 2.06. The maximum Gasteiger partial charge on any atom is 0.322 e. The summed E-state index contributed by atoms with van der Waals surface area (Å²) in [6.45, 7) is -0.344. The van der Waals surface area contributed by atoms with E-state index in [2.05, 4.69) is 21.2 Å². The second-order valence-electron chi connectivity index (χ2n) is 2.94. The number of amides is 1. The second kappa shape index (κ2) is 5.50. The quantitative estimate of drug-likeness (QED) is 0.865. The molecule has 0 heterocycles. The predicted molar refractivity (Wildman–Crippen MR) is 58.5 cm³/mol. The normalized spacial score (nSPS) is 9.67. The zero-order valence-electron chi connectivity index (χ0n) is 7.87. The van der Waals surface area contributed by atoms with Gasteiger partial charge in [-0.05, 0) is 11.6 Å². The van der Waals surface area contributed by atoms with Crippen LogP contribution in [-0.4, -0.2) is 23.5 Å². The molecular weight excluding hydrogens is 262 g/mol. The number of nitrogens with one attached hydrogen (secondary N) is 1. The summed E-state index contributed by atoms with van der Waals surface area (Å²) in [6.07, 6.45) is 0.175. The number of benzene rings is 1. The monoisotopic (exact) mass is 271 g/mol. The number of halogens is 1. The van der Waals surface area contributed by atoms with E-state index < -0.39 is 5.97 Å². The van der Waals surface area contributed by atoms with Crippen LogP contribution in [0.15, 0.2) is 28.7 Å². The molecule has 0 aliphatic rings. The van der Waals surface area contributed by atoms with Gasteiger partial charge >= 0.3 is 5.97 Å². The van der Waals surface area contributed by atoms with Crippen LogP contribution in [0.1, 0.15) is 5.56 Å². The summed E-state index contributed by atoms with van der Waals surface area (Å²) in [5.74, 6) is -1.35. The van der Waals surface area contributed by atoms with Crippen molar-refractivity contribution >= 4 is 27.8 Å². The predicted octanol–water partition coefficient (Wildman–Crippen LogP) is 1.19. The molecule has 15 heavy (non-hydrogen) atoms. The first-order chi connectivity index (χ1) is 7.09. The Morgan fingerprint density at radius 3 is 2.60 bits per heavy atom. The molecule has 0 atom stereocenters. The molecule has 2 N–H and O–H groups in total. The summed E-state index contributed by atoms with van der Waals surface area (Å²) in [6, 6.07) is 7.32. The van der Waals surface area contributed by atoms with Gasteiger partial charge in [0.2, 0.25) is 5.91 Å². The Morgan fingerprint density at radius 2 is 2.00 bits per heavy atom. The van der Waals surface area contributed by atoms with Crippen LogP contribution in [0.3, 0.4) is 0 Å². The van der Waals surface area contributed by atoms with E-state index >= 15 is 0 Å². The van der Waals surface area contributed by atoms with Crippen LogP contribution >= 0.6 is 15.9 Å². The molecule has 0 spiro atoms. The van der Waals surface area contributed by atoms with Crippen molar-refractivity contribution in [2.24, 2.45) is 0 Å². The largest absolute Gasteiger partial charge is 0.480 e. The fraction of sp³-hybridized carbons (Fsp3) is 0.200. The van der Waals surface area contributed by atoms with Gasteiger partial charge < -0.3 is 10.4 Å². The summed E-state index contributed by atoms with van der Waals surface area (Å²) in [5, 5.41) is 10.7. The van der Waals surface area contributed by atoms with Gasteiger partial charge in [-0.3, -0.25) is 9.59 Å². The average Bonchev–Trinajstić information content (AvgIpc) is 2.18. The van der Waals surface area contributed by atoms with Crippen molar-refractivity contribution in [2.45, 2.75) is 6.42 Å². The lowest BCUT2D eigenvalue weighted by molar-refractivity contribution is -0.137. The highest BCUT2D eigenvalue weighted by Crippen LogP contribution is 2.15. The van der Waals surface area contributed by atoms with Gasteiger partial charge in [0, 0.05) is 4.47 Å². The van der Waals surface area contributed by atoms with Crippen molar-refractivity contribution in [1.82, 2.24) is 5.32 Å². The Kier molecular flexibility index (Phi) is 4.30. The summed E-state index contributed by atoms with van der Waals surface area (Å²) < 4.78 is 0.843. The number of rotatable bonds is 4. The number of hydrogen-bond acceptors (Lipinski definition) is 2. The summed E-state index contributed by atoms with van der Waals surface area (Å²) >= 11 is 3.31. The van der Waals surface area contributed by atoms with Gasteiger partial charge in [-0.15, -0.1) is 0 Å². The van der Waals surface area contributed by atoms with Crippen molar-refractivity contribution in [3.8, 4) is 0 Å². The smallest absolute Gasteiger partial charge is 0.322 e.